The third-order valence-electron chi connectivity index (χ3n) is 11.7. The predicted octanol–water partition coefficient (Wildman–Crippen LogP) is 16.0. The molecular weight excluding hydrogens is 675 g/mol. The van der Waals surface area contributed by atoms with Crippen LogP contribution in [0.25, 0.3) is 0 Å². The predicted molar refractivity (Wildman–Crippen MR) is 244 cm³/mol. The Hall–Kier alpha value is -1.13. The average molecular weight is 774 g/mol. The Kier molecular flexibility index (Phi) is 46.3. The Labute approximate surface area is 345 Å². The minimum atomic E-state index is -0.833. The highest BCUT2D eigenvalue weighted by atomic mass is 16.3. The smallest absolute Gasteiger partial charge is 0.220 e. The van der Waals surface area contributed by atoms with Crippen molar-refractivity contribution in [2.24, 2.45) is 0 Å². The molecule has 0 aromatic heterocycles. The number of aliphatic hydroxyl groups is 2. The molecule has 326 valence electrons. The Bertz CT molecular complexity index is 795. The maximum atomic E-state index is 12.3. The minimum Gasteiger partial charge on any atom is -0.394 e. The Morgan fingerprint density at radius 2 is 0.691 bits per heavy atom. The molecule has 0 aliphatic heterocycles. The lowest BCUT2D eigenvalue weighted by atomic mass is 10.0. The molecule has 0 fully saturated rings. The fourth-order valence-electron chi connectivity index (χ4n) is 7.82. The van der Waals surface area contributed by atoms with E-state index in [1.807, 2.05) is 6.08 Å². The number of rotatable bonds is 46. The number of unbranched alkanes of at least 4 members (excludes halogenated alkanes) is 37. The van der Waals surface area contributed by atoms with Crippen molar-refractivity contribution >= 4 is 5.91 Å². The molecule has 2 atom stereocenters. The van der Waals surface area contributed by atoms with E-state index in [1.54, 1.807) is 6.08 Å². The second-order valence-corrected chi connectivity index (χ2v) is 17.2. The van der Waals surface area contributed by atoms with Gasteiger partial charge in [0.05, 0.1) is 18.8 Å². The van der Waals surface area contributed by atoms with Gasteiger partial charge in [-0.05, 0) is 44.9 Å². The third-order valence-corrected chi connectivity index (χ3v) is 11.7. The molecule has 0 rings (SSSR count). The summed E-state index contributed by atoms with van der Waals surface area (Å²) in [5.74, 6) is -0.0629. The first-order valence-corrected chi connectivity index (χ1v) is 25.1. The van der Waals surface area contributed by atoms with Gasteiger partial charge in [0.1, 0.15) is 0 Å². The van der Waals surface area contributed by atoms with E-state index in [4.69, 9.17) is 0 Å². The standard InChI is InChI=1S/C51H99NO3/c1-3-5-7-9-11-13-14-15-16-17-18-19-20-21-22-23-24-25-26-27-28-29-30-31-32-33-34-35-36-37-38-39-41-43-45-47-51(55)52-49(48-53)50(54)46-44-42-40-12-10-8-6-4-2/h17-18,44,46,49-50,53-54H,3-16,19-43,45,47-48H2,1-2H3,(H,52,55)/b18-17-,46-44+. The van der Waals surface area contributed by atoms with Crippen LogP contribution in [0.5, 0.6) is 0 Å². The Morgan fingerprint density at radius 1 is 0.418 bits per heavy atom. The van der Waals surface area contributed by atoms with Crippen LogP contribution in [-0.2, 0) is 4.79 Å². The van der Waals surface area contributed by atoms with Crippen molar-refractivity contribution in [3.8, 4) is 0 Å². The second kappa shape index (κ2) is 47.2. The van der Waals surface area contributed by atoms with Crippen molar-refractivity contribution in [2.45, 2.75) is 289 Å². The number of carbonyl (C=O) groups excluding carboxylic acids is 1. The number of hydrogen-bond acceptors (Lipinski definition) is 3. The van der Waals surface area contributed by atoms with Crippen molar-refractivity contribution in [1.29, 1.82) is 0 Å². The van der Waals surface area contributed by atoms with E-state index >= 15 is 0 Å². The van der Waals surface area contributed by atoms with Gasteiger partial charge in [0.15, 0.2) is 0 Å². The molecule has 0 saturated carbocycles. The number of carbonyl (C=O) groups is 1. The largest absolute Gasteiger partial charge is 0.394 e. The maximum Gasteiger partial charge on any atom is 0.220 e. The molecule has 55 heavy (non-hydrogen) atoms. The Morgan fingerprint density at radius 3 is 1.00 bits per heavy atom. The molecule has 0 aromatic carbocycles. The van der Waals surface area contributed by atoms with Gasteiger partial charge in [-0.15, -0.1) is 0 Å². The van der Waals surface area contributed by atoms with E-state index in [1.165, 1.54) is 231 Å². The summed E-state index contributed by atoms with van der Waals surface area (Å²) in [5.41, 5.74) is 0. The molecule has 2 unspecified atom stereocenters. The van der Waals surface area contributed by atoms with E-state index in [9.17, 15) is 15.0 Å². The van der Waals surface area contributed by atoms with E-state index in [-0.39, 0.29) is 12.5 Å². The number of aliphatic hydroxyl groups excluding tert-OH is 2. The quantitative estimate of drug-likeness (QED) is 0.0426. The fourth-order valence-corrected chi connectivity index (χ4v) is 7.82. The van der Waals surface area contributed by atoms with Gasteiger partial charge in [0.25, 0.3) is 0 Å². The summed E-state index contributed by atoms with van der Waals surface area (Å²) < 4.78 is 0. The van der Waals surface area contributed by atoms with E-state index < -0.39 is 12.1 Å². The molecule has 0 aromatic rings. The molecular formula is C51H99NO3. The highest BCUT2D eigenvalue weighted by molar-refractivity contribution is 5.76. The van der Waals surface area contributed by atoms with Gasteiger partial charge in [-0.3, -0.25) is 4.79 Å². The lowest BCUT2D eigenvalue weighted by Crippen LogP contribution is -2.45. The zero-order valence-electron chi connectivity index (χ0n) is 37.5. The molecule has 0 aliphatic rings. The topological polar surface area (TPSA) is 69.6 Å². The van der Waals surface area contributed by atoms with Gasteiger partial charge in [0.2, 0.25) is 5.91 Å². The van der Waals surface area contributed by atoms with Crippen molar-refractivity contribution in [3.05, 3.63) is 24.3 Å². The van der Waals surface area contributed by atoms with Crippen LogP contribution in [0.3, 0.4) is 0 Å². The van der Waals surface area contributed by atoms with Crippen molar-refractivity contribution in [1.82, 2.24) is 5.32 Å². The third kappa shape index (κ3) is 43.8. The summed E-state index contributed by atoms with van der Waals surface area (Å²) in [6.07, 6.45) is 62.0. The molecule has 3 N–H and O–H groups in total. The van der Waals surface area contributed by atoms with Crippen molar-refractivity contribution in [2.75, 3.05) is 6.61 Å². The summed E-state index contributed by atoms with van der Waals surface area (Å²) in [4.78, 5) is 12.3. The maximum absolute atomic E-state index is 12.3. The normalized spacial score (nSPS) is 13.0. The average Bonchev–Trinajstić information content (AvgIpc) is 3.19. The highest BCUT2D eigenvalue weighted by Gasteiger charge is 2.18. The van der Waals surface area contributed by atoms with Crippen LogP contribution >= 0.6 is 0 Å². The zero-order valence-corrected chi connectivity index (χ0v) is 37.5. The fraction of sp³-hybridized carbons (Fsp3) is 0.902. The monoisotopic (exact) mass is 774 g/mol. The number of nitrogens with one attached hydrogen (secondary N) is 1. The van der Waals surface area contributed by atoms with Crippen LogP contribution in [-0.4, -0.2) is 34.9 Å². The van der Waals surface area contributed by atoms with Crippen LogP contribution in [0.4, 0.5) is 0 Å². The lowest BCUT2D eigenvalue weighted by molar-refractivity contribution is -0.123. The first kappa shape index (κ1) is 53.9. The van der Waals surface area contributed by atoms with Crippen LogP contribution in [0.1, 0.15) is 277 Å². The van der Waals surface area contributed by atoms with Gasteiger partial charge in [-0.25, -0.2) is 0 Å². The van der Waals surface area contributed by atoms with Crippen LogP contribution < -0.4 is 5.32 Å². The number of amides is 1. The van der Waals surface area contributed by atoms with Crippen LogP contribution in [0, 0.1) is 0 Å². The first-order chi connectivity index (χ1) is 27.2. The molecule has 0 heterocycles. The van der Waals surface area contributed by atoms with E-state index in [0.29, 0.717) is 6.42 Å². The van der Waals surface area contributed by atoms with Crippen molar-refractivity contribution < 1.29 is 15.0 Å². The van der Waals surface area contributed by atoms with Gasteiger partial charge in [-0.2, -0.15) is 0 Å². The molecule has 1 amide bonds. The van der Waals surface area contributed by atoms with Gasteiger partial charge >= 0.3 is 0 Å². The van der Waals surface area contributed by atoms with Crippen molar-refractivity contribution in [3.63, 3.8) is 0 Å². The molecule has 4 nitrogen and oxygen atoms in total. The van der Waals surface area contributed by atoms with Gasteiger partial charge in [-0.1, -0.05) is 250 Å². The molecule has 0 radical (unpaired) electrons. The molecule has 4 heteroatoms. The van der Waals surface area contributed by atoms with Gasteiger partial charge < -0.3 is 15.5 Å². The highest BCUT2D eigenvalue weighted by Crippen LogP contribution is 2.17. The van der Waals surface area contributed by atoms with Gasteiger partial charge in [0, 0.05) is 6.42 Å². The summed E-state index contributed by atoms with van der Waals surface area (Å²) in [7, 11) is 0. The minimum absolute atomic E-state index is 0.0629. The zero-order chi connectivity index (χ0) is 40.0. The SMILES string of the molecule is CCCCCCCC/C=C/C(O)C(CO)NC(=O)CCCCCCCCCCCCCCCCCCCCCCCCC/C=C\CCCCCCCCCC. The summed E-state index contributed by atoms with van der Waals surface area (Å²) in [6.45, 7) is 4.28. The van der Waals surface area contributed by atoms with Crippen LogP contribution in [0.15, 0.2) is 24.3 Å². The number of allylic oxidation sites excluding steroid dienone is 3. The first-order valence-electron chi connectivity index (χ1n) is 25.1. The number of hydrogen-bond donors (Lipinski definition) is 3. The van der Waals surface area contributed by atoms with Crippen LogP contribution in [0.2, 0.25) is 0 Å². The lowest BCUT2D eigenvalue weighted by Gasteiger charge is -2.20. The summed E-state index contributed by atoms with van der Waals surface area (Å²) >= 11 is 0. The summed E-state index contributed by atoms with van der Waals surface area (Å²) in [5, 5.41) is 22.9. The molecule has 0 spiro atoms. The summed E-state index contributed by atoms with van der Waals surface area (Å²) in [6, 6.07) is -0.616. The van der Waals surface area contributed by atoms with E-state index in [2.05, 4.69) is 31.3 Å². The second-order valence-electron chi connectivity index (χ2n) is 17.2. The van der Waals surface area contributed by atoms with E-state index in [0.717, 1.165) is 25.7 Å². The Balaban J connectivity index is 3.34. The molecule has 0 saturated heterocycles. The molecule has 0 bridgehead atoms. The molecule has 0 aliphatic carbocycles.